The van der Waals surface area contributed by atoms with Gasteiger partial charge in [-0.15, -0.1) is 0 Å². The van der Waals surface area contributed by atoms with Gasteiger partial charge < -0.3 is 29.2 Å². The summed E-state index contributed by atoms with van der Waals surface area (Å²) in [5, 5.41) is 2.45. The van der Waals surface area contributed by atoms with Gasteiger partial charge in [0.05, 0.1) is 13.5 Å². The Morgan fingerprint density at radius 3 is 2.50 bits per heavy atom. The van der Waals surface area contributed by atoms with Gasteiger partial charge in [0, 0.05) is 31.6 Å². The molecule has 0 aromatic heterocycles. The van der Waals surface area contributed by atoms with Gasteiger partial charge in [-0.3, -0.25) is 9.59 Å². The summed E-state index contributed by atoms with van der Waals surface area (Å²) in [6, 6.07) is 3.63. The molecular weight excluding hydrogens is 468 g/mol. The van der Waals surface area contributed by atoms with Crippen molar-refractivity contribution in [2.75, 3.05) is 33.5 Å². The number of ketones is 1. The van der Waals surface area contributed by atoms with Crippen LogP contribution in [-0.2, 0) is 19.0 Å². The lowest BCUT2D eigenvalue weighted by atomic mass is 9.90. The van der Waals surface area contributed by atoms with Crippen molar-refractivity contribution in [1.82, 2.24) is 10.2 Å². The van der Waals surface area contributed by atoms with E-state index in [1.54, 1.807) is 33.9 Å². The first-order chi connectivity index (χ1) is 16.9. The number of amides is 2. The lowest BCUT2D eigenvalue weighted by molar-refractivity contribution is -0.152. The zero-order valence-electron chi connectivity index (χ0n) is 22.1. The number of piperidine rings is 1. The number of nitrogens with zero attached hydrogens (tertiary/aromatic N) is 1. The minimum atomic E-state index is -0.632. The third-order valence-corrected chi connectivity index (χ3v) is 5.81. The zero-order chi connectivity index (χ0) is 26.9. The number of alkyl carbamates (subject to hydrolysis) is 1. The molecule has 0 aliphatic carbocycles. The Hall–Kier alpha value is -3.30. The minimum Gasteiger partial charge on any atom is -0.496 e. The van der Waals surface area contributed by atoms with E-state index in [4.69, 9.17) is 18.9 Å². The van der Waals surface area contributed by atoms with Gasteiger partial charge in [-0.25, -0.2) is 9.59 Å². The molecule has 1 atom stereocenters. The molecule has 10 nitrogen and oxygen atoms in total. The van der Waals surface area contributed by atoms with E-state index in [9.17, 15) is 19.2 Å². The first-order valence-electron chi connectivity index (χ1n) is 12.1. The second-order valence-corrected chi connectivity index (χ2v) is 9.93. The number of carbonyl (C=O) groups excluding carboxylic acids is 4. The van der Waals surface area contributed by atoms with Crippen LogP contribution in [0.25, 0.3) is 0 Å². The summed E-state index contributed by atoms with van der Waals surface area (Å²) in [5.74, 6) is 0.0746. The summed E-state index contributed by atoms with van der Waals surface area (Å²) in [7, 11) is 1.58. The molecule has 0 radical (unpaired) electrons. The topological polar surface area (TPSA) is 120 Å². The van der Waals surface area contributed by atoms with Crippen LogP contribution in [0.3, 0.4) is 0 Å². The first kappa shape index (κ1) is 28.9. The van der Waals surface area contributed by atoms with E-state index < -0.39 is 30.5 Å². The second kappa shape index (κ2) is 13.1. The van der Waals surface area contributed by atoms with Gasteiger partial charge >= 0.3 is 18.2 Å². The summed E-state index contributed by atoms with van der Waals surface area (Å²) >= 11 is 0. The van der Waals surface area contributed by atoms with Crippen molar-refractivity contribution in [2.45, 2.75) is 65.9 Å². The third kappa shape index (κ3) is 9.39. The predicted octanol–water partition coefficient (Wildman–Crippen LogP) is 4.15. The lowest BCUT2D eigenvalue weighted by Gasteiger charge is -2.31. The van der Waals surface area contributed by atoms with E-state index in [2.05, 4.69) is 5.32 Å². The standard InChI is InChI=1S/C26H38N2O8/c1-17-12-20(14-22(33-6)18(17)2)21(29)13-19-8-7-11-28(15-19)25(32)35-16-34-23(30)9-10-27-24(31)36-26(3,4)5/h12,14,19H,7-11,13,15-16H2,1-6H3,(H,27,31). The number of likely N-dealkylation sites (tertiary alicyclic amines) is 1. The Kier molecular flexibility index (Phi) is 10.6. The van der Waals surface area contributed by atoms with Crippen LogP contribution in [0, 0.1) is 19.8 Å². The van der Waals surface area contributed by atoms with Crippen molar-refractivity contribution in [2.24, 2.45) is 5.92 Å². The summed E-state index contributed by atoms with van der Waals surface area (Å²) < 4.78 is 20.4. The van der Waals surface area contributed by atoms with Crippen LogP contribution in [0.2, 0.25) is 0 Å². The molecule has 36 heavy (non-hydrogen) atoms. The summed E-state index contributed by atoms with van der Waals surface area (Å²) in [6.07, 6.45) is 0.579. The Bertz CT molecular complexity index is 954. The number of benzene rings is 1. The van der Waals surface area contributed by atoms with Crippen LogP contribution >= 0.6 is 0 Å². The largest absolute Gasteiger partial charge is 0.496 e. The van der Waals surface area contributed by atoms with Crippen molar-refractivity contribution in [3.8, 4) is 5.75 Å². The fraction of sp³-hybridized carbons (Fsp3) is 0.615. The van der Waals surface area contributed by atoms with Gasteiger partial charge in [-0.05, 0) is 76.6 Å². The van der Waals surface area contributed by atoms with E-state index in [-0.39, 0.29) is 24.7 Å². The highest BCUT2D eigenvalue weighted by atomic mass is 16.7. The fourth-order valence-electron chi connectivity index (χ4n) is 3.87. The Morgan fingerprint density at radius 1 is 1.11 bits per heavy atom. The highest BCUT2D eigenvalue weighted by molar-refractivity contribution is 5.97. The Morgan fingerprint density at radius 2 is 1.83 bits per heavy atom. The molecule has 1 heterocycles. The number of hydrogen-bond acceptors (Lipinski definition) is 8. The Labute approximate surface area is 212 Å². The van der Waals surface area contributed by atoms with Crippen LogP contribution in [0.1, 0.15) is 67.9 Å². The number of carbonyl (C=O) groups is 4. The highest BCUT2D eigenvalue weighted by Crippen LogP contribution is 2.27. The van der Waals surface area contributed by atoms with Crippen LogP contribution in [0.4, 0.5) is 9.59 Å². The van der Waals surface area contributed by atoms with E-state index in [0.29, 0.717) is 30.8 Å². The van der Waals surface area contributed by atoms with E-state index >= 15 is 0 Å². The van der Waals surface area contributed by atoms with Crippen molar-refractivity contribution in [3.05, 3.63) is 28.8 Å². The van der Waals surface area contributed by atoms with Gasteiger partial charge in [0.25, 0.3) is 0 Å². The summed E-state index contributed by atoms with van der Waals surface area (Å²) in [5.41, 5.74) is 1.96. The molecule has 0 bridgehead atoms. The number of rotatable bonds is 9. The van der Waals surface area contributed by atoms with Crippen molar-refractivity contribution in [1.29, 1.82) is 0 Å². The van der Waals surface area contributed by atoms with Gasteiger partial charge in [0.2, 0.25) is 6.79 Å². The average Bonchev–Trinajstić information content (AvgIpc) is 2.79. The quantitative estimate of drug-likeness (QED) is 0.301. The predicted molar refractivity (Wildman–Crippen MR) is 132 cm³/mol. The summed E-state index contributed by atoms with van der Waals surface area (Å²) in [6.45, 7) is 9.51. The van der Waals surface area contributed by atoms with Crippen molar-refractivity contribution < 1.29 is 38.1 Å². The van der Waals surface area contributed by atoms with E-state index in [1.807, 2.05) is 19.9 Å². The molecule has 200 valence electrons. The number of Topliss-reactive ketones (excluding diaryl/α,β-unsaturated/α-hetero) is 1. The average molecular weight is 507 g/mol. The third-order valence-electron chi connectivity index (χ3n) is 5.81. The normalized spacial score (nSPS) is 15.6. The van der Waals surface area contributed by atoms with Gasteiger partial charge in [-0.2, -0.15) is 0 Å². The number of ether oxygens (including phenoxy) is 4. The summed E-state index contributed by atoms with van der Waals surface area (Å²) in [4.78, 5) is 50.2. The minimum absolute atomic E-state index is 0.00513. The molecular formula is C26H38N2O8. The zero-order valence-corrected chi connectivity index (χ0v) is 22.1. The molecule has 1 saturated heterocycles. The number of nitrogens with one attached hydrogen (secondary N) is 1. The molecule has 1 N–H and O–H groups in total. The van der Waals surface area contributed by atoms with Crippen molar-refractivity contribution in [3.63, 3.8) is 0 Å². The van der Waals surface area contributed by atoms with Crippen LogP contribution in [0.5, 0.6) is 5.75 Å². The lowest BCUT2D eigenvalue weighted by Crippen LogP contribution is -2.41. The molecule has 1 aromatic carbocycles. The highest BCUT2D eigenvalue weighted by Gasteiger charge is 2.27. The smallest absolute Gasteiger partial charge is 0.412 e. The molecule has 1 unspecified atom stereocenters. The fourth-order valence-corrected chi connectivity index (χ4v) is 3.87. The van der Waals surface area contributed by atoms with Gasteiger partial charge in [0.15, 0.2) is 5.78 Å². The number of aryl methyl sites for hydroxylation is 1. The molecule has 0 spiro atoms. The van der Waals surface area contributed by atoms with Gasteiger partial charge in [0.1, 0.15) is 11.4 Å². The van der Waals surface area contributed by atoms with E-state index in [0.717, 1.165) is 24.0 Å². The van der Waals surface area contributed by atoms with Crippen LogP contribution in [0.15, 0.2) is 12.1 Å². The number of esters is 1. The molecule has 1 aromatic rings. The number of hydrogen-bond donors (Lipinski definition) is 1. The first-order valence-corrected chi connectivity index (χ1v) is 12.1. The van der Waals surface area contributed by atoms with Crippen LogP contribution in [-0.4, -0.2) is 68.0 Å². The number of methoxy groups -OCH3 is 1. The van der Waals surface area contributed by atoms with Crippen LogP contribution < -0.4 is 10.1 Å². The molecule has 1 aliphatic heterocycles. The molecule has 10 heteroatoms. The molecule has 0 saturated carbocycles. The maximum Gasteiger partial charge on any atom is 0.412 e. The molecule has 2 rings (SSSR count). The second-order valence-electron chi connectivity index (χ2n) is 9.93. The van der Waals surface area contributed by atoms with E-state index in [1.165, 1.54) is 4.90 Å². The van der Waals surface area contributed by atoms with Crippen molar-refractivity contribution >= 4 is 23.9 Å². The maximum absolute atomic E-state index is 12.9. The Balaban J connectivity index is 1.74. The monoisotopic (exact) mass is 506 g/mol. The molecule has 1 aliphatic rings. The molecule has 2 amide bonds. The SMILES string of the molecule is COc1cc(C(=O)CC2CCCN(C(=O)OCOC(=O)CCNC(=O)OC(C)(C)C)C2)cc(C)c1C. The molecule has 1 fully saturated rings. The maximum atomic E-state index is 12.9. The van der Waals surface area contributed by atoms with Gasteiger partial charge in [-0.1, -0.05) is 0 Å².